The molecule has 3 aromatic rings. The van der Waals surface area contributed by atoms with Gasteiger partial charge in [-0.2, -0.15) is 0 Å². The Morgan fingerprint density at radius 3 is 2.16 bits per heavy atom. The molecule has 0 saturated carbocycles. The van der Waals surface area contributed by atoms with Gasteiger partial charge in [0.1, 0.15) is 22.7 Å². The molecule has 1 fully saturated rings. The first-order chi connectivity index (χ1) is 21.1. The molecule has 0 unspecified atom stereocenters. The predicted octanol–water partition coefficient (Wildman–Crippen LogP) is 5.15. The van der Waals surface area contributed by atoms with Gasteiger partial charge in [0.15, 0.2) is 6.10 Å². The van der Waals surface area contributed by atoms with Gasteiger partial charge in [-0.3, -0.25) is 14.7 Å². The number of aromatic nitrogens is 1. The number of alkyl carbamates (subject to hydrolysis) is 1. The lowest BCUT2D eigenvalue weighted by Crippen LogP contribution is -2.70. The molecule has 3 heterocycles. The molecule has 1 N–H and O–H groups in total. The van der Waals surface area contributed by atoms with Crippen LogP contribution in [-0.4, -0.2) is 56.6 Å². The maximum atomic E-state index is 14.0. The highest BCUT2D eigenvalue weighted by Crippen LogP contribution is 2.42. The fourth-order valence-electron chi connectivity index (χ4n) is 4.68. The van der Waals surface area contributed by atoms with E-state index in [-0.39, 0.29) is 11.4 Å². The second kappa shape index (κ2) is 13.2. The molecule has 1 aromatic heterocycles. The quantitative estimate of drug-likeness (QED) is 0.159. The second-order valence-corrected chi connectivity index (χ2v) is 12.1. The molecule has 2 aliphatic heterocycles. The van der Waals surface area contributed by atoms with Gasteiger partial charge in [0.2, 0.25) is 0 Å². The minimum atomic E-state index is -0.897. The van der Waals surface area contributed by atoms with Crippen LogP contribution < -0.4 is 5.32 Å². The Kier molecular flexibility index (Phi) is 9.15. The maximum Gasteiger partial charge on any atom is 0.408 e. The molecule has 10 nitrogen and oxygen atoms in total. The second-order valence-electron chi connectivity index (χ2n) is 11.0. The monoisotopic (exact) mass is 613 g/mol. The first-order valence-electron chi connectivity index (χ1n) is 13.9. The molecule has 2 aliphatic rings. The molecule has 2 atom stereocenters. The number of carbonyl (C=O) groups excluding carboxylic acids is 4. The summed E-state index contributed by atoms with van der Waals surface area (Å²) in [6, 6.07) is 20.7. The minimum Gasteiger partial charge on any atom is -0.448 e. The number of rotatable bonds is 8. The third-order valence-electron chi connectivity index (χ3n) is 6.65. The van der Waals surface area contributed by atoms with Gasteiger partial charge in [0.05, 0.1) is 11.8 Å². The standard InChI is InChI=1S/C33H31N3O7S/c1-33(2,3)43-32(40)35-25-28(37)36-26(24(20-44-29(25)36)16-19-41-30(38)23-14-17-34-18-15-23)31(39)42-27(21-10-6-4-7-11-21)22-12-8-5-9-13-22/h4-19,25,27,29H,20H2,1-3H3,(H,35,40)/b19-16+/t25-,29-/m1/s1. The van der Waals surface area contributed by atoms with Crippen molar-refractivity contribution in [3.8, 4) is 0 Å². The normalized spacial score (nSPS) is 18.0. The number of fused-ring (bicyclic) bond motifs is 1. The van der Waals surface area contributed by atoms with Gasteiger partial charge >= 0.3 is 18.0 Å². The average molecular weight is 614 g/mol. The molecule has 5 rings (SSSR count). The van der Waals surface area contributed by atoms with Crippen molar-refractivity contribution in [2.45, 2.75) is 43.9 Å². The number of nitrogens with one attached hydrogen (secondary N) is 1. The summed E-state index contributed by atoms with van der Waals surface area (Å²) in [7, 11) is 0. The highest BCUT2D eigenvalue weighted by Gasteiger charge is 2.54. The first kappa shape index (κ1) is 30.6. The van der Waals surface area contributed by atoms with Crippen LogP contribution >= 0.6 is 11.8 Å². The summed E-state index contributed by atoms with van der Waals surface area (Å²) in [5, 5.41) is 2.06. The number of thioether (sulfide) groups is 1. The maximum absolute atomic E-state index is 14.0. The number of hydrogen-bond donors (Lipinski definition) is 1. The Bertz CT molecular complexity index is 1550. The van der Waals surface area contributed by atoms with Gasteiger partial charge in [0.25, 0.3) is 5.91 Å². The summed E-state index contributed by atoms with van der Waals surface area (Å²) in [6.07, 6.45) is 4.11. The van der Waals surface area contributed by atoms with E-state index in [2.05, 4.69) is 10.3 Å². The van der Waals surface area contributed by atoms with Crippen LogP contribution in [0.1, 0.15) is 48.4 Å². The number of benzene rings is 2. The Balaban J connectivity index is 1.44. The van der Waals surface area contributed by atoms with Crippen LogP contribution in [-0.2, 0) is 23.8 Å². The van der Waals surface area contributed by atoms with Gasteiger partial charge in [0, 0.05) is 18.1 Å². The zero-order valence-electron chi connectivity index (χ0n) is 24.3. The van der Waals surface area contributed by atoms with Crippen molar-refractivity contribution < 1.29 is 33.4 Å². The number of nitrogens with zero attached hydrogens (tertiary/aromatic N) is 2. The average Bonchev–Trinajstić information content (AvgIpc) is 3.02. The minimum absolute atomic E-state index is 0.00839. The van der Waals surface area contributed by atoms with Gasteiger partial charge < -0.3 is 19.5 Å². The lowest BCUT2D eigenvalue weighted by Gasteiger charge is -2.49. The van der Waals surface area contributed by atoms with E-state index in [0.717, 1.165) is 11.1 Å². The Morgan fingerprint density at radius 1 is 0.955 bits per heavy atom. The van der Waals surface area contributed by atoms with Crippen LogP contribution in [0.25, 0.3) is 0 Å². The number of β-lactam (4-membered cyclic amide) rings is 1. The largest absolute Gasteiger partial charge is 0.448 e. The molecule has 2 aromatic carbocycles. The van der Waals surface area contributed by atoms with Gasteiger partial charge in [-0.1, -0.05) is 60.7 Å². The van der Waals surface area contributed by atoms with E-state index < -0.39 is 47.1 Å². The third-order valence-corrected chi connectivity index (χ3v) is 7.96. The summed E-state index contributed by atoms with van der Waals surface area (Å²) in [5.41, 5.74) is 1.48. The Morgan fingerprint density at radius 2 is 1.57 bits per heavy atom. The summed E-state index contributed by atoms with van der Waals surface area (Å²) in [4.78, 5) is 57.5. The molecule has 0 radical (unpaired) electrons. The molecular formula is C33H31N3O7S. The van der Waals surface area contributed by atoms with Gasteiger partial charge in [-0.25, -0.2) is 14.4 Å². The fraction of sp³-hybridized carbons (Fsp3) is 0.242. The Hall–Kier alpha value is -4.90. The van der Waals surface area contributed by atoms with E-state index in [0.29, 0.717) is 11.1 Å². The molecule has 226 valence electrons. The summed E-state index contributed by atoms with van der Waals surface area (Å²) < 4.78 is 16.7. The number of hydrogen-bond acceptors (Lipinski definition) is 9. The molecule has 11 heteroatoms. The number of carbonyl (C=O) groups is 4. The van der Waals surface area contributed by atoms with Crippen molar-refractivity contribution >= 4 is 35.7 Å². The van der Waals surface area contributed by atoms with E-state index >= 15 is 0 Å². The molecular weight excluding hydrogens is 582 g/mol. The van der Waals surface area contributed by atoms with E-state index in [9.17, 15) is 19.2 Å². The van der Waals surface area contributed by atoms with Crippen LogP contribution in [0, 0.1) is 0 Å². The van der Waals surface area contributed by atoms with Crippen molar-refractivity contribution in [3.63, 3.8) is 0 Å². The summed E-state index contributed by atoms with van der Waals surface area (Å²) in [6.45, 7) is 5.18. The van der Waals surface area contributed by atoms with Crippen molar-refractivity contribution in [3.05, 3.63) is 125 Å². The van der Waals surface area contributed by atoms with E-state index in [4.69, 9.17) is 14.2 Å². The molecule has 0 bridgehead atoms. The number of esters is 2. The highest BCUT2D eigenvalue weighted by atomic mass is 32.2. The smallest absolute Gasteiger partial charge is 0.408 e. The molecule has 44 heavy (non-hydrogen) atoms. The lowest BCUT2D eigenvalue weighted by molar-refractivity contribution is -0.153. The molecule has 2 amide bonds. The fourth-order valence-corrected chi connectivity index (χ4v) is 5.99. The van der Waals surface area contributed by atoms with E-state index in [1.165, 1.54) is 53.5 Å². The summed E-state index contributed by atoms with van der Waals surface area (Å²) >= 11 is 1.35. The van der Waals surface area contributed by atoms with Crippen molar-refractivity contribution in [2.75, 3.05) is 5.75 Å². The van der Waals surface area contributed by atoms with E-state index in [1.54, 1.807) is 20.8 Å². The van der Waals surface area contributed by atoms with Crippen LogP contribution in [0.2, 0.25) is 0 Å². The van der Waals surface area contributed by atoms with Crippen LogP contribution in [0.15, 0.2) is 109 Å². The lowest BCUT2D eigenvalue weighted by atomic mass is 10.0. The van der Waals surface area contributed by atoms with Crippen molar-refractivity contribution in [2.24, 2.45) is 0 Å². The zero-order chi connectivity index (χ0) is 31.3. The topological polar surface area (TPSA) is 124 Å². The molecule has 0 aliphatic carbocycles. The SMILES string of the molecule is CC(C)(C)OC(=O)N[C@@H]1C(=O)N2C(C(=O)OC(c3ccccc3)c3ccccc3)=C(/C=C/OC(=O)c3ccncc3)CS[C@H]12. The highest BCUT2D eigenvalue weighted by molar-refractivity contribution is 8.00. The predicted molar refractivity (Wildman–Crippen MR) is 163 cm³/mol. The third kappa shape index (κ3) is 7.00. The zero-order valence-corrected chi connectivity index (χ0v) is 25.2. The van der Waals surface area contributed by atoms with Crippen molar-refractivity contribution in [1.29, 1.82) is 0 Å². The van der Waals surface area contributed by atoms with Crippen LogP contribution in [0.4, 0.5) is 4.79 Å². The van der Waals surface area contributed by atoms with Gasteiger partial charge in [-0.05, 0) is 55.7 Å². The number of amides is 2. The first-order valence-corrected chi connectivity index (χ1v) is 14.9. The number of ether oxygens (including phenoxy) is 3. The van der Waals surface area contributed by atoms with Gasteiger partial charge in [-0.15, -0.1) is 11.8 Å². The van der Waals surface area contributed by atoms with Crippen LogP contribution in [0.5, 0.6) is 0 Å². The van der Waals surface area contributed by atoms with E-state index in [1.807, 2.05) is 60.7 Å². The van der Waals surface area contributed by atoms with Crippen LogP contribution in [0.3, 0.4) is 0 Å². The van der Waals surface area contributed by atoms with Crippen molar-refractivity contribution in [1.82, 2.24) is 15.2 Å². The number of allylic oxidation sites excluding steroid dienone is 1. The molecule has 1 saturated heterocycles. The number of pyridine rings is 1. The Labute approximate surface area is 259 Å². The molecule has 0 spiro atoms. The summed E-state index contributed by atoms with van der Waals surface area (Å²) in [5.74, 6) is -1.56.